The molecule has 0 saturated heterocycles. The minimum absolute atomic E-state index is 0.0406. The lowest BCUT2D eigenvalue weighted by Gasteiger charge is -2.13. The van der Waals surface area contributed by atoms with Gasteiger partial charge in [0.15, 0.2) is 0 Å². The molecular weight excluding hydrogens is 288 g/mol. The monoisotopic (exact) mass is 310 g/mol. The molecular formula is C19H22N2O2. The topological polar surface area (TPSA) is 50.4 Å². The van der Waals surface area contributed by atoms with E-state index in [0.717, 1.165) is 24.4 Å². The van der Waals surface area contributed by atoms with Gasteiger partial charge in [-0.2, -0.15) is 0 Å². The van der Waals surface area contributed by atoms with E-state index in [2.05, 4.69) is 16.7 Å². The van der Waals surface area contributed by atoms with Crippen LogP contribution in [0.4, 0.5) is 5.69 Å². The molecule has 23 heavy (non-hydrogen) atoms. The van der Waals surface area contributed by atoms with E-state index in [1.54, 1.807) is 0 Å². The summed E-state index contributed by atoms with van der Waals surface area (Å²) in [6.07, 6.45) is 1.08. The Bertz CT molecular complexity index is 655. The molecule has 1 aliphatic rings. The maximum atomic E-state index is 11.9. The minimum atomic E-state index is -0.0406. The first-order valence-electron chi connectivity index (χ1n) is 8.01. The molecule has 1 aliphatic heterocycles. The molecule has 2 N–H and O–H groups in total. The van der Waals surface area contributed by atoms with Crippen molar-refractivity contribution in [3.8, 4) is 5.75 Å². The van der Waals surface area contributed by atoms with Crippen LogP contribution in [0.5, 0.6) is 5.75 Å². The first-order chi connectivity index (χ1) is 11.1. The number of ether oxygens (including phenoxy) is 1. The summed E-state index contributed by atoms with van der Waals surface area (Å²) < 4.78 is 5.91. The number of amides is 1. The van der Waals surface area contributed by atoms with E-state index in [1.165, 1.54) is 5.56 Å². The molecule has 1 amide bonds. The van der Waals surface area contributed by atoms with Gasteiger partial charge in [0.05, 0.1) is 6.54 Å². The Morgan fingerprint density at radius 3 is 2.61 bits per heavy atom. The lowest BCUT2D eigenvalue weighted by molar-refractivity contribution is 0.0943. The molecule has 4 nitrogen and oxygen atoms in total. The smallest absolute Gasteiger partial charge is 0.251 e. The summed E-state index contributed by atoms with van der Waals surface area (Å²) >= 11 is 0. The summed E-state index contributed by atoms with van der Waals surface area (Å²) in [6.45, 7) is 4.65. The van der Waals surface area contributed by atoms with Crippen LogP contribution in [-0.4, -0.2) is 24.6 Å². The zero-order valence-corrected chi connectivity index (χ0v) is 13.5. The van der Waals surface area contributed by atoms with Crippen molar-refractivity contribution in [1.29, 1.82) is 0 Å². The molecule has 2 aromatic carbocycles. The van der Waals surface area contributed by atoms with Crippen LogP contribution >= 0.6 is 0 Å². The van der Waals surface area contributed by atoms with Gasteiger partial charge < -0.3 is 15.4 Å². The first-order valence-corrected chi connectivity index (χ1v) is 8.01. The van der Waals surface area contributed by atoms with Crippen molar-refractivity contribution in [3.63, 3.8) is 0 Å². The van der Waals surface area contributed by atoms with Crippen LogP contribution in [0.15, 0.2) is 48.5 Å². The van der Waals surface area contributed by atoms with Crippen molar-refractivity contribution >= 4 is 11.6 Å². The normalized spacial score (nSPS) is 15.9. The number of carbonyl (C=O) groups excluding carboxylic acids is 1. The fraction of sp³-hybridized carbons (Fsp3) is 0.316. The highest BCUT2D eigenvalue weighted by Crippen LogP contribution is 2.28. The van der Waals surface area contributed by atoms with E-state index < -0.39 is 0 Å². The van der Waals surface area contributed by atoms with E-state index in [9.17, 15) is 4.79 Å². The third-order valence-corrected chi connectivity index (χ3v) is 3.81. The molecule has 120 valence electrons. The summed E-state index contributed by atoms with van der Waals surface area (Å²) in [5.74, 6) is 0.945. The highest BCUT2D eigenvalue weighted by molar-refractivity contribution is 5.94. The van der Waals surface area contributed by atoms with Gasteiger partial charge in [0.25, 0.3) is 5.91 Å². The molecule has 0 unspecified atom stereocenters. The number of carbonyl (C=O) groups is 1. The second-order valence-corrected chi connectivity index (χ2v) is 6.14. The summed E-state index contributed by atoms with van der Waals surface area (Å²) in [5, 5.41) is 6.26. The molecule has 2 aromatic rings. The first kappa shape index (κ1) is 15.4. The SMILES string of the molecule is CC(C)NC(=O)c1ccc(NC[C@@H]2Cc3ccccc3O2)cc1. The fourth-order valence-electron chi connectivity index (χ4n) is 2.68. The van der Waals surface area contributed by atoms with E-state index >= 15 is 0 Å². The van der Waals surface area contributed by atoms with Crippen molar-refractivity contribution in [2.45, 2.75) is 32.4 Å². The maximum Gasteiger partial charge on any atom is 0.251 e. The summed E-state index contributed by atoms with van der Waals surface area (Å²) in [7, 11) is 0. The molecule has 1 atom stereocenters. The van der Waals surface area contributed by atoms with Crippen molar-refractivity contribution in [1.82, 2.24) is 5.32 Å². The van der Waals surface area contributed by atoms with Gasteiger partial charge in [-0.15, -0.1) is 0 Å². The Labute approximate surface area is 136 Å². The third kappa shape index (κ3) is 3.83. The van der Waals surface area contributed by atoms with Gasteiger partial charge >= 0.3 is 0 Å². The number of rotatable bonds is 5. The number of anilines is 1. The third-order valence-electron chi connectivity index (χ3n) is 3.81. The quantitative estimate of drug-likeness (QED) is 0.891. The second-order valence-electron chi connectivity index (χ2n) is 6.14. The molecule has 0 spiro atoms. The largest absolute Gasteiger partial charge is 0.488 e. The van der Waals surface area contributed by atoms with Gasteiger partial charge in [-0.05, 0) is 49.7 Å². The number of para-hydroxylation sites is 1. The standard InChI is InChI=1S/C19H22N2O2/c1-13(2)21-19(22)14-7-9-16(10-8-14)20-12-17-11-15-5-3-4-6-18(15)23-17/h3-10,13,17,20H,11-12H2,1-2H3,(H,21,22)/t17-/m0/s1. The van der Waals surface area contributed by atoms with E-state index in [4.69, 9.17) is 4.74 Å². The van der Waals surface area contributed by atoms with Gasteiger partial charge in [-0.3, -0.25) is 4.79 Å². The van der Waals surface area contributed by atoms with E-state index in [1.807, 2.05) is 56.3 Å². The molecule has 0 fully saturated rings. The Morgan fingerprint density at radius 2 is 1.91 bits per heavy atom. The van der Waals surface area contributed by atoms with Crippen molar-refractivity contribution in [2.24, 2.45) is 0 Å². The number of benzene rings is 2. The summed E-state index contributed by atoms with van der Waals surface area (Å²) in [4.78, 5) is 11.9. The predicted molar refractivity (Wildman–Crippen MR) is 92.1 cm³/mol. The molecule has 0 aromatic heterocycles. The van der Waals surface area contributed by atoms with Crippen molar-refractivity contribution < 1.29 is 9.53 Å². The van der Waals surface area contributed by atoms with Crippen LogP contribution in [-0.2, 0) is 6.42 Å². The van der Waals surface area contributed by atoms with Crippen LogP contribution in [0.1, 0.15) is 29.8 Å². The Kier molecular flexibility index (Phi) is 4.51. The average molecular weight is 310 g/mol. The average Bonchev–Trinajstić information content (AvgIpc) is 2.95. The summed E-state index contributed by atoms with van der Waals surface area (Å²) in [5.41, 5.74) is 2.93. The van der Waals surface area contributed by atoms with Crippen LogP contribution < -0.4 is 15.4 Å². The second kappa shape index (κ2) is 6.73. The van der Waals surface area contributed by atoms with E-state index in [0.29, 0.717) is 5.56 Å². The van der Waals surface area contributed by atoms with Gasteiger partial charge in [0.2, 0.25) is 0 Å². The van der Waals surface area contributed by atoms with Crippen molar-refractivity contribution in [2.75, 3.05) is 11.9 Å². The van der Waals surface area contributed by atoms with Gasteiger partial charge in [0, 0.05) is 23.7 Å². The lowest BCUT2D eigenvalue weighted by Crippen LogP contribution is -2.30. The lowest BCUT2D eigenvalue weighted by atomic mass is 10.1. The van der Waals surface area contributed by atoms with Crippen LogP contribution in [0.25, 0.3) is 0 Å². The highest BCUT2D eigenvalue weighted by atomic mass is 16.5. The number of hydrogen-bond acceptors (Lipinski definition) is 3. The highest BCUT2D eigenvalue weighted by Gasteiger charge is 2.21. The number of nitrogens with one attached hydrogen (secondary N) is 2. The minimum Gasteiger partial charge on any atom is -0.488 e. The van der Waals surface area contributed by atoms with Crippen LogP contribution in [0.2, 0.25) is 0 Å². The zero-order valence-electron chi connectivity index (χ0n) is 13.5. The molecule has 3 rings (SSSR count). The van der Waals surface area contributed by atoms with E-state index in [-0.39, 0.29) is 18.1 Å². The molecule has 0 bridgehead atoms. The summed E-state index contributed by atoms with van der Waals surface area (Å²) in [6, 6.07) is 15.8. The van der Waals surface area contributed by atoms with Crippen LogP contribution in [0, 0.1) is 0 Å². The van der Waals surface area contributed by atoms with Gasteiger partial charge in [0.1, 0.15) is 11.9 Å². The Hall–Kier alpha value is -2.49. The number of hydrogen-bond donors (Lipinski definition) is 2. The van der Waals surface area contributed by atoms with Crippen LogP contribution in [0.3, 0.4) is 0 Å². The Morgan fingerprint density at radius 1 is 1.17 bits per heavy atom. The Balaban J connectivity index is 1.53. The maximum absolute atomic E-state index is 11.9. The molecule has 4 heteroatoms. The van der Waals surface area contributed by atoms with Gasteiger partial charge in [-0.1, -0.05) is 18.2 Å². The zero-order chi connectivity index (χ0) is 16.2. The fourth-order valence-corrected chi connectivity index (χ4v) is 2.68. The molecule has 0 radical (unpaired) electrons. The predicted octanol–water partition coefficient (Wildman–Crippen LogP) is 3.24. The number of fused-ring (bicyclic) bond motifs is 1. The molecule has 1 heterocycles. The van der Waals surface area contributed by atoms with Gasteiger partial charge in [-0.25, -0.2) is 0 Å². The van der Waals surface area contributed by atoms with Crippen molar-refractivity contribution in [3.05, 3.63) is 59.7 Å². The molecule has 0 saturated carbocycles. The molecule has 0 aliphatic carbocycles.